The smallest absolute Gasteiger partial charge is 0.0280 e. The Morgan fingerprint density at radius 2 is 1.67 bits per heavy atom. The Labute approximate surface area is 82.2 Å². The molecule has 2 atom stereocenters. The monoisotopic (exact) mass is 229 g/mol. The second-order valence-corrected chi connectivity index (χ2v) is 7.16. The van der Waals surface area contributed by atoms with E-state index < -0.39 is 0 Å². The Morgan fingerprint density at radius 3 is 2.08 bits per heavy atom. The van der Waals surface area contributed by atoms with E-state index in [1.165, 1.54) is 38.5 Å². The summed E-state index contributed by atoms with van der Waals surface area (Å²) < 4.78 is 0.450. The first-order valence-electron chi connectivity index (χ1n) is 5.05. The SMILES string of the molecule is NC12C[C@H]3C[C@H](C1)CC(Br)(C3)C2. The van der Waals surface area contributed by atoms with Gasteiger partial charge < -0.3 is 5.73 Å². The van der Waals surface area contributed by atoms with Crippen LogP contribution in [0.25, 0.3) is 0 Å². The number of rotatable bonds is 0. The normalized spacial score (nSPS) is 62.5. The van der Waals surface area contributed by atoms with E-state index in [4.69, 9.17) is 5.73 Å². The standard InChI is InChI=1S/C10H16BrN/c11-9-2-7-1-8(3-9)5-10(12,4-7)6-9/h7-8H,1-6,12H2/t7-,8-,9?,10?/m0/s1. The molecule has 4 saturated carbocycles. The largest absolute Gasteiger partial charge is 0.325 e. The maximum Gasteiger partial charge on any atom is 0.0280 e. The summed E-state index contributed by atoms with van der Waals surface area (Å²) >= 11 is 3.91. The molecule has 0 saturated heterocycles. The summed E-state index contributed by atoms with van der Waals surface area (Å²) in [4.78, 5) is 0. The molecular formula is C10H16BrN. The third kappa shape index (κ3) is 1.00. The zero-order chi connectivity index (χ0) is 8.40. The van der Waals surface area contributed by atoms with Crippen molar-refractivity contribution in [3.05, 3.63) is 0 Å². The lowest BCUT2D eigenvalue weighted by atomic mass is 9.53. The second kappa shape index (κ2) is 2.09. The minimum absolute atomic E-state index is 0.216. The number of nitrogens with two attached hydrogens (primary N) is 1. The molecule has 0 unspecified atom stereocenters. The molecule has 0 heterocycles. The Hall–Kier alpha value is 0.440. The zero-order valence-electron chi connectivity index (χ0n) is 7.35. The first-order chi connectivity index (χ1) is 5.57. The summed E-state index contributed by atoms with van der Waals surface area (Å²) in [6.07, 6.45) is 8.08. The average Bonchev–Trinajstić information content (AvgIpc) is 1.75. The highest BCUT2D eigenvalue weighted by Gasteiger charge is 2.55. The molecule has 0 amide bonds. The van der Waals surface area contributed by atoms with Crippen LogP contribution in [-0.4, -0.2) is 9.86 Å². The summed E-state index contributed by atoms with van der Waals surface area (Å²) in [6, 6.07) is 0. The topological polar surface area (TPSA) is 26.0 Å². The lowest BCUT2D eigenvalue weighted by molar-refractivity contribution is 0.0205. The minimum Gasteiger partial charge on any atom is -0.325 e. The molecule has 12 heavy (non-hydrogen) atoms. The zero-order valence-corrected chi connectivity index (χ0v) is 8.94. The summed E-state index contributed by atoms with van der Waals surface area (Å²) in [5.74, 6) is 1.88. The molecule has 4 fully saturated rings. The Balaban J connectivity index is 1.98. The lowest BCUT2D eigenvalue weighted by Crippen LogP contribution is -2.60. The van der Waals surface area contributed by atoms with Gasteiger partial charge in [-0.25, -0.2) is 0 Å². The predicted octanol–water partition coefficient (Wildman–Crippen LogP) is 2.43. The molecular weight excluding hydrogens is 214 g/mol. The van der Waals surface area contributed by atoms with E-state index in [0.29, 0.717) is 4.32 Å². The molecule has 1 nitrogen and oxygen atoms in total. The van der Waals surface area contributed by atoms with E-state index in [9.17, 15) is 0 Å². The molecule has 0 spiro atoms. The van der Waals surface area contributed by atoms with Crippen LogP contribution in [0.1, 0.15) is 38.5 Å². The van der Waals surface area contributed by atoms with Crippen LogP contribution in [0.3, 0.4) is 0 Å². The molecule has 4 aliphatic carbocycles. The van der Waals surface area contributed by atoms with Gasteiger partial charge in [0.05, 0.1) is 0 Å². The van der Waals surface area contributed by atoms with Crippen LogP contribution in [0.4, 0.5) is 0 Å². The quantitative estimate of drug-likeness (QED) is 0.635. The van der Waals surface area contributed by atoms with Crippen LogP contribution in [0.15, 0.2) is 0 Å². The molecule has 0 aromatic heterocycles. The summed E-state index contributed by atoms with van der Waals surface area (Å²) in [5, 5.41) is 0. The van der Waals surface area contributed by atoms with Gasteiger partial charge in [0.1, 0.15) is 0 Å². The van der Waals surface area contributed by atoms with Crippen LogP contribution in [0.2, 0.25) is 0 Å². The van der Waals surface area contributed by atoms with Crippen LogP contribution in [0, 0.1) is 11.8 Å². The predicted molar refractivity (Wildman–Crippen MR) is 53.3 cm³/mol. The van der Waals surface area contributed by atoms with E-state index in [1.54, 1.807) is 0 Å². The van der Waals surface area contributed by atoms with Crippen molar-refractivity contribution in [1.82, 2.24) is 0 Å². The van der Waals surface area contributed by atoms with Crippen molar-refractivity contribution in [2.75, 3.05) is 0 Å². The maximum atomic E-state index is 6.38. The van der Waals surface area contributed by atoms with Crippen molar-refractivity contribution >= 4 is 15.9 Å². The van der Waals surface area contributed by atoms with E-state index >= 15 is 0 Å². The van der Waals surface area contributed by atoms with Gasteiger partial charge in [-0.2, -0.15) is 0 Å². The third-order valence-electron chi connectivity index (χ3n) is 4.03. The van der Waals surface area contributed by atoms with Crippen molar-refractivity contribution in [3.8, 4) is 0 Å². The third-order valence-corrected chi connectivity index (χ3v) is 4.96. The number of alkyl halides is 1. The van der Waals surface area contributed by atoms with Gasteiger partial charge in [-0.1, -0.05) is 15.9 Å². The number of hydrogen-bond donors (Lipinski definition) is 1. The van der Waals surface area contributed by atoms with Gasteiger partial charge in [-0.05, 0) is 50.4 Å². The van der Waals surface area contributed by atoms with Gasteiger partial charge in [-0.15, -0.1) is 0 Å². The highest BCUT2D eigenvalue weighted by molar-refractivity contribution is 9.10. The molecule has 4 aliphatic rings. The molecule has 0 aromatic rings. The van der Waals surface area contributed by atoms with Crippen molar-refractivity contribution in [1.29, 1.82) is 0 Å². The van der Waals surface area contributed by atoms with Gasteiger partial charge in [0, 0.05) is 9.86 Å². The highest BCUT2D eigenvalue weighted by atomic mass is 79.9. The van der Waals surface area contributed by atoms with Crippen LogP contribution in [0.5, 0.6) is 0 Å². The summed E-state index contributed by atoms with van der Waals surface area (Å²) in [5.41, 5.74) is 6.59. The first kappa shape index (κ1) is 7.81. The van der Waals surface area contributed by atoms with E-state index in [0.717, 1.165) is 11.8 Å². The van der Waals surface area contributed by atoms with Crippen molar-refractivity contribution in [2.24, 2.45) is 17.6 Å². The summed E-state index contributed by atoms with van der Waals surface area (Å²) in [6.45, 7) is 0. The number of halogens is 1. The van der Waals surface area contributed by atoms with Gasteiger partial charge in [0.2, 0.25) is 0 Å². The van der Waals surface area contributed by atoms with Crippen LogP contribution in [-0.2, 0) is 0 Å². The van der Waals surface area contributed by atoms with E-state index in [-0.39, 0.29) is 5.54 Å². The fourth-order valence-corrected chi connectivity index (χ4v) is 5.69. The van der Waals surface area contributed by atoms with Crippen molar-refractivity contribution < 1.29 is 0 Å². The fourth-order valence-electron chi connectivity index (χ4n) is 4.22. The van der Waals surface area contributed by atoms with Crippen LogP contribution < -0.4 is 5.73 Å². The molecule has 2 heteroatoms. The maximum absolute atomic E-state index is 6.38. The Bertz CT molecular complexity index is 192. The van der Waals surface area contributed by atoms with Gasteiger partial charge in [-0.3, -0.25) is 0 Å². The van der Waals surface area contributed by atoms with Gasteiger partial charge >= 0.3 is 0 Å². The van der Waals surface area contributed by atoms with E-state index in [2.05, 4.69) is 15.9 Å². The molecule has 0 radical (unpaired) electrons. The van der Waals surface area contributed by atoms with E-state index in [1.807, 2.05) is 0 Å². The van der Waals surface area contributed by atoms with Gasteiger partial charge in [0.25, 0.3) is 0 Å². The molecule has 0 aromatic carbocycles. The number of hydrogen-bond acceptors (Lipinski definition) is 1. The fraction of sp³-hybridized carbons (Fsp3) is 1.00. The minimum atomic E-state index is 0.216. The Morgan fingerprint density at radius 1 is 1.08 bits per heavy atom. The first-order valence-corrected chi connectivity index (χ1v) is 5.84. The van der Waals surface area contributed by atoms with Gasteiger partial charge in [0.15, 0.2) is 0 Å². The Kier molecular flexibility index (Phi) is 1.36. The molecule has 4 rings (SSSR count). The lowest BCUT2D eigenvalue weighted by Gasteiger charge is -2.59. The van der Waals surface area contributed by atoms with Crippen molar-refractivity contribution in [3.63, 3.8) is 0 Å². The molecule has 68 valence electrons. The molecule has 2 N–H and O–H groups in total. The van der Waals surface area contributed by atoms with Crippen molar-refractivity contribution in [2.45, 2.75) is 48.4 Å². The second-order valence-electron chi connectivity index (χ2n) is 5.47. The van der Waals surface area contributed by atoms with Crippen LogP contribution >= 0.6 is 15.9 Å². The average molecular weight is 230 g/mol. The molecule has 4 bridgehead atoms. The molecule has 0 aliphatic heterocycles. The summed E-state index contributed by atoms with van der Waals surface area (Å²) in [7, 11) is 0. The highest BCUT2D eigenvalue weighted by Crippen LogP contribution is 2.59.